The van der Waals surface area contributed by atoms with Gasteiger partial charge in [-0.3, -0.25) is 9.48 Å². The molecule has 1 N–H and O–H groups in total. The van der Waals surface area contributed by atoms with E-state index in [0.29, 0.717) is 19.8 Å². The van der Waals surface area contributed by atoms with E-state index in [9.17, 15) is 4.79 Å². The van der Waals surface area contributed by atoms with E-state index in [2.05, 4.69) is 10.4 Å². The van der Waals surface area contributed by atoms with Crippen LogP contribution < -0.4 is 5.32 Å². The summed E-state index contributed by atoms with van der Waals surface area (Å²) in [6, 6.07) is 7.68. The first kappa shape index (κ1) is 15.2. The largest absolute Gasteiger partial charge is 0.377 e. The number of benzene rings is 1. The van der Waals surface area contributed by atoms with Crippen LogP contribution in [-0.2, 0) is 11.8 Å². The lowest BCUT2D eigenvalue weighted by Gasteiger charge is -2.52. The van der Waals surface area contributed by atoms with Crippen LogP contribution in [0.1, 0.15) is 29.6 Å². The molecular weight excluding hydrogens is 304 g/mol. The van der Waals surface area contributed by atoms with Crippen molar-refractivity contribution in [3.8, 4) is 0 Å². The molecule has 1 saturated heterocycles. The van der Waals surface area contributed by atoms with Crippen molar-refractivity contribution in [2.24, 2.45) is 7.05 Å². The van der Waals surface area contributed by atoms with Crippen molar-refractivity contribution in [2.45, 2.75) is 24.8 Å². The highest BCUT2D eigenvalue weighted by molar-refractivity contribution is 5.96. The van der Waals surface area contributed by atoms with Gasteiger partial charge in [-0.25, -0.2) is 0 Å². The van der Waals surface area contributed by atoms with Crippen LogP contribution in [0.4, 0.5) is 11.4 Å². The number of nitrogens with zero attached hydrogens (tertiary/aromatic N) is 3. The Hall–Kier alpha value is -2.34. The molecule has 6 heteroatoms. The highest BCUT2D eigenvalue weighted by Gasteiger charge is 2.47. The second-order valence-electron chi connectivity index (χ2n) is 6.70. The van der Waals surface area contributed by atoms with Gasteiger partial charge in [0.1, 0.15) is 0 Å². The van der Waals surface area contributed by atoms with E-state index in [-0.39, 0.29) is 11.4 Å². The molecular formula is C18H22N4O2. The standard InChI is InChI=1S/C18H22N4O2/c1-21-12-16(11-19-21)20-15-5-2-4-14(10-15)17(23)22-8-9-24-13-18(22)6-3-7-18/h2,4-5,10-12,20H,3,6-9,13H2,1H3. The number of aryl methyl sites for hydroxylation is 1. The summed E-state index contributed by atoms with van der Waals surface area (Å²) in [4.78, 5) is 15.1. The zero-order chi connectivity index (χ0) is 16.6. The Labute approximate surface area is 141 Å². The maximum atomic E-state index is 13.0. The quantitative estimate of drug-likeness (QED) is 0.942. The molecule has 2 heterocycles. The normalized spacial score (nSPS) is 19.1. The van der Waals surface area contributed by atoms with Gasteiger partial charge >= 0.3 is 0 Å². The number of hydrogen-bond donors (Lipinski definition) is 1. The fourth-order valence-electron chi connectivity index (χ4n) is 3.59. The van der Waals surface area contributed by atoms with Gasteiger partial charge in [-0.1, -0.05) is 6.07 Å². The maximum Gasteiger partial charge on any atom is 0.254 e. The van der Waals surface area contributed by atoms with Crippen molar-refractivity contribution >= 4 is 17.3 Å². The number of rotatable bonds is 3. The summed E-state index contributed by atoms with van der Waals surface area (Å²) in [6.07, 6.45) is 6.94. The van der Waals surface area contributed by atoms with Crippen LogP contribution in [-0.4, -0.2) is 45.9 Å². The second kappa shape index (κ2) is 5.94. The van der Waals surface area contributed by atoms with E-state index >= 15 is 0 Å². The van der Waals surface area contributed by atoms with Crippen LogP contribution in [0.3, 0.4) is 0 Å². The molecule has 1 amide bonds. The van der Waals surface area contributed by atoms with E-state index < -0.39 is 0 Å². The van der Waals surface area contributed by atoms with Crippen molar-refractivity contribution < 1.29 is 9.53 Å². The Bertz CT molecular complexity index is 751. The summed E-state index contributed by atoms with van der Waals surface area (Å²) in [6.45, 7) is 1.98. The predicted molar refractivity (Wildman–Crippen MR) is 91.4 cm³/mol. The topological polar surface area (TPSA) is 59.4 Å². The molecule has 0 unspecified atom stereocenters. The molecule has 1 saturated carbocycles. The van der Waals surface area contributed by atoms with Crippen LogP contribution in [0.2, 0.25) is 0 Å². The highest BCUT2D eigenvalue weighted by Crippen LogP contribution is 2.40. The minimum Gasteiger partial charge on any atom is -0.377 e. The van der Waals surface area contributed by atoms with Crippen molar-refractivity contribution in [2.75, 3.05) is 25.1 Å². The number of anilines is 2. The van der Waals surface area contributed by atoms with Crippen LogP contribution in [0.25, 0.3) is 0 Å². The number of morpholine rings is 1. The SMILES string of the molecule is Cn1cc(Nc2cccc(C(=O)N3CCOCC34CCC4)c2)cn1. The van der Waals surface area contributed by atoms with E-state index in [4.69, 9.17) is 4.74 Å². The lowest BCUT2D eigenvalue weighted by atomic mass is 9.75. The van der Waals surface area contributed by atoms with E-state index in [1.54, 1.807) is 10.9 Å². The molecule has 24 heavy (non-hydrogen) atoms. The van der Waals surface area contributed by atoms with Gasteiger partial charge in [-0.2, -0.15) is 5.10 Å². The van der Waals surface area contributed by atoms with Crippen molar-refractivity contribution in [1.82, 2.24) is 14.7 Å². The minimum absolute atomic E-state index is 0.0673. The van der Waals surface area contributed by atoms with Crippen molar-refractivity contribution in [3.63, 3.8) is 0 Å². The minimum atomic E-state index is -0.0673. The summed E-state index contributed by atoms with van der Waals surface area (Å²) < 4.78 is 7.37. The molecule has 6 nitrogen and oxygen atoms in total. The van der Waals surface area contributed by atoms with E-state index in [0.717, 1.165) is 29.8 Å². The van der Waals surface area contributed by atoms with Crippen molar-refractivity contribution in [3.05, 3.63) is 42.2 Å². The number of carbonyl (C=O) groups excluding carboxylic acids is 1. The zero-order valence-corrected chi connectivity index (χ0v) is 13.9. The van der Waals surface area contributed by atoms with Crippen LogP contribution in [0.15, 0.2) is 36.7 Å². The van der Waals surface area contributed by atoms with Gasteiger partial charge in [0.25, 0.3) is 5.91 Å². The zero-order valence-electron chi connectivity index (χ0n) is 13.9. The number of hydrogen-bond acceptors (Lipinski definition) is 4. The fraction of sp³-hybridized carbons (Fsp3) is 0.444. The predicted octanol–water partition coefficient (Wildman–Crippen LogP) is 2.56. The van der Waals surface area contributed by atoms with Gasteiger partial charge in [0.05, 0.1) is 30.6 Å². The van der Waals surface area contributed by atoms with Crippen LogP contribution in [0.5, 0.6) is 0 Å². The van der Waals surface area contributed by atoms with Gasteiger partial charge in [0.15, 0.2) is 0 Å². The van der Waals surface area contributed by atoms with Gasteiger partial charge in [0, 0.05) is 31.0 Å². The number of carbonyl (C=O) groups is 1. The molecule has 4 rings (SSSR count). The third kappa shape index (κ3) is 2.67. The van der Waals surface area contributed by atoms with Crippen LogP contribution >= 0.6 is 0 Å². The number of aromatic nitrogens is 2. The van der Waals surface area contributed by atoms with E-state index in [1.807, 2.05) is 42.4 Å². The summed E-state index contributed by atoms with van der Waals surface area (Å²) in [5.74, 6) is 0.104. The Balaban J connectivity index is 1.55. The van der Waals surface area contributed by atoms with Gasteiger partial charge in [0.2, 0.25) is 0 Å². The maximum absolute atomic E-state index is 13.0. The first-order chi connectivity index (χ1) is 11.7. The molecule has 1 aromatic heterocycles. The number of nitrogens with one attached hydrogen (secondary N) is 1. The molecule has 1 aliphatic heterocycles. The first-order valence-corrected chi connectivity index (χ1v) is 8.42. The molecule has 1 spiro atoms. The summed E-state index contributed by atoms with van der Waals surface area (Å²) in [7, 11) is 1.88. The lowest BCUT2D eigenvalue weighted by molar-refractivity contribution is -0.0877. The first-order valence-electron chi connectivity index (χ1n) is 8.42. The Morgan fingerprint density at radius 2 is 2.21 bits per heavy atom. The smallest absolute Gasteiger partial charge is 0.254 e. The summed E-state index contributed by atoms with van der Waals surface area (Å²) in [5, 5.41) is 7.44. The second-order valence-corrected chi connectivity index (χ2v) is 6.70. The summed E-state index contributed by atoms with van der Waals surface area (Å²) >= 11 is 0. The molecule has 2 aliphatic rings. The molecule has 1 aliphatic carbocycles. The number of ether oxygens (including phenoxy) is 1. The third-order valence-electron chi connectivity index (χ3n) is 5.04. The number of amides is 1. The van der Waals surface area contributed by atoms with Gasteiger partial charge in [-0.15, -0.1) is 0 Å². The van der Waals surface area contributed by atoms with Crippen LogP contribution in [0, 0.1) is 0 Å². The molecule has 1 aromatic carbocycles. The fourth-order valence-corrected chi connectivity index (χ4v) is 3.59. The molecule has 0 atom stereocenters. The average molecular weight is 326 g/mol. The molecule has 2 fully saturated rings. The Morgan fingerprint density at radius 1 is 1.33 bits per heavy atom. The lowest BCUT2D eigenvalue weighted by Crippen LogP contribution is -2.62. The summed E-state index contributed by atoms with van der Waals surface area (Å²) in [5.41, 5.74) is 2.45. The average Bonchev–Trinajstić information content (AvgIpc) is 2.98. The molecule has 0 radical (unpaired) electrons. The Kier molecular flexibility index (Phi) is 3.76. The molecule has 0 bridgehead atoms. The molecule has 126 valence electrons. The third-order valence-corrected chi connectivity index (χ3v) is 5.04. The molecule has 2 aromatic rings. The highest BCUT2D eigenvalue weighted by atomic mass is 16.5. The van der Waals surface area contributed by atoms with Gasteiger partial charge in [-0.05, 0) is 37.5 Å². The Morgan fingerprint density at radius 3 is 2.92 bits per heavy atom. The van der Waals surface area contributed by atoms with Crippen molar-refractivity contribution in [1.29, 1.82) is 0 Å². The monoisotopic (exact) mass is 326 g/mol. The van der Waals surface area contributed by atoms with E-state index in [1.165, 1.54) is 6.42 Å². The van der Waals surface area contributed by atoms with Gasteiger partial charge < -0.3 is 15.0 Å².